The van der Waals surface area contributed by atoms with E-state index < -0.39 is 10.1 Å². The zero-order chi connectivity index (χ0) is 13.9. The molecule has 0 amide bonds. The molecule has 0 unspecified atom stereocenters. The number of hydrogen-bond acceptors (Lipinski definition) is 5. The first-order chi connectivity index (χ1) is 8.16. The summed E-state index contributed by atoms with van der Waals surface area (Å²) in [5, 5.41) is 0.848. The van der Waals surface area contributed by atoms with Crippen molar-refractivity contribution in [2.24, 2.45) is 5.73 Å². The number of benzene rings is 1. The molecule has 2 aromatic rings. The first kappa shape index (κ1) is 15.0. The first-order valence-electron chi connectivity index (χ1n) is 4.91. The van der Waals surface area contributed by atoms with Gasteiger partial charge in [-0.15, -0.1) is 11.3 Å². The predicted octanol–water partition coefficient (Wildman–Crippen LogP) is 1.96. The summed E-state index contributed by atoms with van der Waals surface area (Å²) >= 11 is 1.44. The van der Waals surface area contributed by atoms with Crippen LogP contribution in [0.3, 0.4) is 0 Å². The number of halogens is 1. The van der Waals surface area contributed by atoms with Gasteiger partial charge >= 0.3 is 0 Å². The van der Waals surface area contributed by atoms with Gasteiger partial charge in [-0.25, -0.2) is 9.37 Å². The molecule has 0 bridgehead atoms. The Morgan fingerprint density at radius 2 is 2.06 bits per heavy atom. The van der Waals surface area contributed by atoms with Crippen LogP contribution in [0.5, 0.6) is 0 Å². The van der Waals surface area contributed by atoms with Crippen molar-refractivity contribution in [1.82, 2.24) is 4.98 Å². The third-order valence-corrected chi connectivity index (χ3v) is 2.98. The minimum atomic E-state index is -3.67. The average Bonchev–Trinajstić information content (AvgIpc) is 2.57. The van der Waals surface area contributed by atoms with Crippen LogP contribution in [0.2, 0.25) is 0 Å². The van der Waals surface area contributed by atoms with E-state index in [9.17, 15) is 12.8 Å². The third kappa shape index (κ3) is 5.05. The fraction of sp³-hybridized carbons (Fsp3) is 0.300. The minimum absolute atomic E-state index is 0.0829. The quantitative estimate of drug-likeness (QED) is 0.784. The molecule has 0 aliphatic rings. The summed E-state index contributed by atoms with van der Waals surface area (Å²) in [6, 6.07) is 4.49. The molecule has 100 valence electrons. The van der Waals surface area contributed by atoms with Crippen LogP contribution in [0.25, 0.3) is 10.2 Å². The van der Waals surface area contributed by atoms with E-state index in [1.54, 1.807) is 6.07 Å². The number of hydrogen-bond donors (Lipinski definition) is 2. The molecule has 1 heterocycles. The van der Waals surface area contributed by atoms with Gasteiger partial charge in [-0.3, -0.25) is 4.55 Å². The molecule has 18 heavy (non-hydrogen) atoms. The van der Waals surface area contributed by atoms with Gasteiger partial charge in [-0.05, 0) is 25.1 Å². The van der Waals surface area contributed by atoms with E-state index in [4.69, 9.17) is 10.3 Å². The number of aromatic nitrogens is 1. The lowest BCUT2D eigenvalue weighted by Gasteiger charge is -1.95. The van der Waals surface area contributed by atoms with E-state index in [0.29, 0.717) is 6.26 Å². The van der Waals surface area contributed by atoms with Crippen molar-refractivity contribution in [2.45, 2.75) is 13.0 Å². The zero-order valence-corrected chi connectivity index (χ0v) is 11.4. The lowest BCUT2D eigenvalue weighted by molar-refractivity contribution is 0.490. The molecule has 0 aliphatic heterocycles. The molecular formula is C10H13FN2O3S2. The summed E-state index contributed by atoms with van der Waals surface area (Å²) < 4.78 is 39.5. The molecule has 5 nitrogen and oxygen atoms in total. The second-order valence-corrected chi connectivity index (χ2v) is 6.21. The second-order valence-electron chi connectivity index (χ2n) is 3.69. The van der Waals surface area contributed by atoms with Crippen LogP contribution in [0.1, 0.15) is 18.0 Å². The summed E-state index contributed by atoms with van der Waals surface area (Å²) in [5.74, 6) is -0.229. The van der Waals surface area contributed by atoms with E-state index in [1.807, 2.05) is 6.92 Å². The number of nitrogens with two attached hydrogens (primary N) is 1. The van der Waals surface area contributed by atoms with Gasteiger partial charge in [0.25, 0.3) is 10.1 Å². The highest BCUT2D eigenvalue weighted by Crippen LogP contribution is 2.25. The Hall–Kier alpha value is -1.09. The van der Waals surface area contributed by atoms with Crippen LogP contribution in [0, 0.1) is 5.82 Å². The van der Waals surface area contributed by atoms with Crippen LogP contribution in [-0.4, -0.2) is 24.2 Å². The highest BCUT2D eigenvalue weighted by molar-refractivity contribution is 7.85. The maximum atomic E-state index is 12.8. The highest BCUT2D eigenvalue weighted by Gasteiger charge is 2.07. The monoisotopic (exact) mass is 292 g/mol. The number of nitrogens with zero attached hydrogens (tertiary/aromatic N) is 1. The molecule has 2 rings (SSSR count). The average molecular weight is 292 g/mol. The molecule has 0 aliphatic carbocycles. The lowest BCUT2D eigenvalue weighted by Crippen LogP contribution is -2.03. The minimum Gasteiger partial charge on any atom is -0.322 e. The van der Waals surface area contributed by atoms with Crippen LogP contribution in [-0.2, 0) is 10.1 Å². The van der Waals surface area contributed by atoms with Crippen molar-refractivity contribution < 1.29 is 17.4 Å². The SMILES string of the molecule is CS(=O)(=O)O.C[C@@H](N)c1nc2ccc(F)cc2s1. The molecule has 1 aromatic heterocycles. The number of thiazole rings is 1. The molecule has 0 fully saturated rings. The highest BCUT2D eigenvalue weighted by atomic mass is 32.2. The maximum absolute atomic E-state index is 12.8. The van der Waals surface area contributed by atoms with Gasteiger partial charge in [0, 0.05) is 0 Å². The molecule has 1 atom stereocenters. The Morgan fingerprint density at radius 3 is 2.56 bits per heavy atom. The predicted molar refractivity (Wildman–Crippen MR) is 69.7 cm³/mol. The van der Waals surface area contributed by atoms with Crippen molar-refractivity contribution in [3.63, 3.8) is 0 Å². The summed E-state index contributed by atoms with van der Waals surface area (Å²) in [7, 11) is -3.67. The molecule has 0 radical (unpaired) electrons. The number of rotatable bonds is 1. The van der Waals surface area contributed by atoms with Gasteiger partial charge in [-0.2, -0.15) is 8.42 Å². The fourth-order valence-electron chi connectivity index (χ4n) is 1.11. The van der Waals surface area contributed by atoms with Crippen LogP contribution in [0.4, 0.5) is 4.39 Å². The van der Waals surface area contributed by atoms with Crippen LogP contribution < -0.4 is 5.73 Å². The Balaban J connectivity index is 0.000000280. The normalized spacial score (nSPS) is 12.9. The van der Waals surface area contributed by atoms with E-state index in [-0.39, 0.29) is 11.9 Å². The fourth-order valence-corrected chi connectivity index (χ4v) is 2.06. The van der Waals surface area contributed by atoms with Gasteiger partial charge in [0.05, 0.1) is 22.5 Å². The van der Waals surface area contributed by atoms with Crippen LogP contribution >= 0.6 is 11.3 Å². The van der Waals surface area contributed by atoms with E-state index in [1.165, 1.54) is 23.5 Å². The van der Waals surface area contributed by atoms with Crippen molar-refractivity contribution in [1.29, 1.82) is 0 Å². The van der Waals surface area contributed by atoms with Crippen molar-refractivity contribution in [3.8, 4) is 0 Å². The Morgan fingerprint density at radius 1 is 1.50 bits per heavy atom. The molecule has 0 saturated heterocycles. The molecule has 0 saturated carbocycles. The summed E-state index contributed by atoms with van der Waals surface area (Å²) in [6.45, 7) is 1.87. The molecule has 8 heteroatoms. The topological polar surface area (TPSA) is 93.3 Å². The van der Waals surface area contributed by atoms with E-state index in [0.717, 1.165) is 15.2 Å². The molecule has 0 spiro atoms. The largest absolute Gasteiger partial charge is 0.322 e. The second kappa shape index (κ2) is 5.70. The first-order valence-corrected chi connectivity index (χ1v) is 7.57. The summed E-state index contributed by atoms with van der Waals surface area (Å²) in [6.07, 6.45) is 0.715. The van der Waals surface area contributed by atoms with Gasteiger partial charge in [-0.1, -0.05) is 0 Å². The standard InChI is InChI=1S/C9H9FN2S.CH4O3S/c1-5(11)9-12-7-3-2-6(10)4-8(7)13-9;1-5(2,3)4/h2-5H,11H2,1H3;1H3,(H,2,3,4)/t5-;/m1./s1. The van der Waals surface area contributed by atoms with Crippen molar-refractivity contribution in [3.05, 3.63) is 29.0 Å². The van der Waals surface area contributed by atoms with Gasteiger partial charge in [0.2, 0.25) is 0 Å². The lowest BCUT2D eigenvalue weighted by atomic mass is 10.3. The molecule has 3 N–H and O–H groups in total. The number of fused-ring (bicyclic) bond motifs is 1. The molecular weight excluding hydrogens is 279 g/mol. The zero-order valence-electron chi connectivity index (χ0n) is 9.79. The Kier molecular flexibility index (Phi) is 4.74. The van der Waals surface area contributed by atoms with Crippen LogP contribution in [0.15, 0.2) is 18.2 Å². The van der Waals surface area contributed by atoms with Crippen molar-refractivity contribution in [2.75, 3.05) is 6.26 Å². The Labute approximate surface area is 108 Å². The van der Waals surface area contributed by atoms with Gasteiger partial charge in [0.15, 0.2) is 0 Å². The maximum Gasteiger partial charge on any atom is 0.261 e. The summed E-state index contributed by atoms with van der Waals surface area (Å²) in [5.41, 5.74) is 6.49. The molecule has 1 aromatic carbocycles. The smallest absolute Gasteiger partial charge is 0.261 e. The van der Waals surface area contributed by atoms with E-state index >= 15 is 0 Å². The summed E-state index contributed by atoms with van der Waals surface area (Å²) in [4.78, 5) is 4.28. The van der Waals surface area contributed by atoms with Gasteiger partial charge in [0.1, 0.15) is 10.8 Å². The third-order valence-electron chi connectivity index (χ3n) is 1.76. The Bertz CT molecular complexity index is 630. The van der Waals surface area contributed by atoms with Crippen molar-refractivity contribution >= 4 is 31.7 Å². The van der Waals surface area contributed by atoms with E-state index in [2.05, 4.69) is 4.98 Å². The van der Waals surface area contributed by atoms with Gasteiger partial charge < -0.3 is 5.73 Å².